The normalized spacial score (nSPS) is 21.9. The van der Waals surface area contributed by atoms with Gasteiger partial charge in [0, 0.05) is 23.0 Å². The number of nitrogens with zero attached hydrogens (tertiary/aromatic N) is 1. The largest absolute Gasteiger partial charge is 0.393 e. The highest BCUT2D eigenvalue weighted by Gasteiger charge is 2.20. The molecule has 0 bridgehead atoms. The molecule has 2 atom stereocenters. The zero-order valence-electron chi connectivity index (χ0n) is 12.0. The van der Waals surface area contributed by atoms with Gasteiger partial charge in [-0.2, -0.15) is 5.26 Å². The Morgan fingerprint density at radius 3 is 2.71 bits per heavy atom. The molecule has 2 aromatic rings. The zero-order valence-corrected chi connectivity index (χ0v) is 12.0. The highest BCUT2D eigenvalue weighted by atomic mass is 16.3. The SMILES string of the molecule is N#Cc1ccc(NCC2CCCC(O)C2)c2ccccc12. The molecule has 0 saturated heterocycles. The van der Waals surface area contributed by atoms with Crippen LogP contribution in [0, 0.1) is 17.2 Å². The fraction of sp³-hybridized carbons (Fsp3) is 0.389. The molecule has 0 aromatic heterocycles. The van der Waals surface area contributed by atoms with Crippen molar-refractivity contribution in [3.63, 3.8) is 0 Å². The fourth-order valence-corrected chi connectivity index (χ4v) is 3.25. The first-order chi connectivity index (χ1) is 10.3. The zero-order chi connectivity index (χ0) is 14.7. The van der Waals surface area contributed by atoms with Crippen molar-refractivity contribution in [3.8, 4) is 6.07 Å². The van der Waals surface area contributed by atoms with Crippen LogP contribution in [0.15, 0.2) is 36.4 Å². The number of nitriles is 1. The summed E-state index contributed by atoms with van der Waals surface area (Å²) in [6, 6.07) is 14.1. The molecule has 1 saturated carbocycles. The summed E-state index contributed by atoms with van der Waals surface area (Å²) in [5.74, 6) is 0.531. The van der Waals surface area contributed by atoms with Crippen molar-refractivity contribution in [2.75, 3.05) is 11.9 Å². The molecule has 0 amide bonds. The second-order valence-corrected chi connectivity index (χ2v) is 5.89. The Labute approximate surface area is 125 Å². The van der Waals surface area contributed by atoms with Gasteiger partial charge in [0.05, 0.1) is 17.7 Å². The van der Waals surface area contributed by atoms with Crippen molar-refractivity contribution in [3.05, 3.63) is 42.0 Å². The van der Waals surface area contributed by atoms with Crippen LogP contribution >= 0.6 is 0 Å². The van der Waals surface area contributed by atoms with Gasteiger partial charge in [-0.25, -0.2) is 0 Å². The van der Waals surface area contributed by atoms with Gasteiger partial charge in [-0.15, -0.1) is 0 Å². The van der Waals surface area contributed by atoms with Crippen LogP contribution in [-0.2, 0) is 0 Å². The van der Waals surface area contributed by atoms with Crippen LogP contribution in [0.5, 0.6) is 0 Å². The van der Waals surface area contributed by atoms with Gasteiger partial charge in [0.2, 0.25) is 0 Å². The Hall–Kier alpha value is -2.05. The summed E-state index contributed by atoms with van der Waals surface area (Å²) in [5.41, 5.74) is 1.79. The predicted molar refractivity (Wildman–Crippen MR) is 85.1 cm³/mol. The number of aliphatic hydroxyl groups is 1. The van der Waals surface area contributed by atoms with Crippen LogP contribution in [-0.4, -0.2) is 17.8 Å². The molecular weight excluding hydrogens is 260 g/mol. The first-order valence-corrected chi connectivity index (χ1v) is 7.61. The quantitative estimate of drug-likeness (QED) is 0.901. The van der Waals surface area contributed by atoms with Crippen LogP contribution in [0.1, 0.15) is 31.2 Å². The monoisotopic (exact) mass is 280 g/mol. The Bertz CT molecular complexity index is 674. The van der Waals surface area contributed by atoms with Gasteiger partial charge in [-0.05, 0) is 37.3 Å². The molecule has 3 rings (SSSR count). The van der Waals surface area contributed by atoms with Crippen LogP contribution in [0.4, 0.5) is 5.69 Å². The third-order valence-electron chi connectivity index (χ3n) is 4.38. The van der Waals surface area contributed by atoms with E-state index in [1.54, 1.807) is 0 Å². The summed E-state index contributed by atoms with van der Waals surface area (Å²) in [5, 5.41) is 24.5. The molecular formula is C18H20N2O. The van der Waals surface area contributed by atoms with Gasteiger partial charge < -0.3 is 10.4 Å². The lowest BCUT2D eigenvalue weighted by molar-refractivity contribution is 0.105. The Morgan fingerprint density at radius 2 is 1.95 bits per heavy atom. The first-order valence-electron chi connectivity index (χ1n) is 7.61. The third kappa shape index (κ3) is 3.01. The highest BCUT2D eigenvalue weighted by molar-refractivity contribution is 5.97. The summed E-state index contributed by atoms with van der Waals surface area (Å²) in [7, 11) is 0. The molecule has 1 aliphatic carbocycles. The molecule has 2 unspecified atom stereocenters. The maximum Gasteiger partial charge on any atom is 0.0998 e. The van der Waals surface area contributed by atoms with Crippen LogP contribution in [0.2, 0.25) is 0 Å². The number of benzene rings is 2. The average Bonchev–Trinajstić information content (AvgIpc) is 2.52. The van der Waals surface area contributed by atoms with E-state index in [4.69, 9.17) is 0 Å². The van der Waals surface area contributed by atoms with E-state index in [9.17, 15) is 10.4 Å². The summed E-state index contributed by atoms with van der Waals surface area (Å²) in [4.78, 5) is 0. The van der Waals surface area contributed by atoms with Gasteiger partial charge in [0.1, 0.15) is 0 Å². The Morgan fingerprint density at radius 1 is 1.14 bits per heavy atom. The van der Waals surface area contributed by atoms with E-state index in [2.05, 4.69) is 11.4 Å². The molecule has 21 heavy (non-hydrogen) atoms. The second-order valence-electron chi connectivity index (χ2n) is 5.89. The van der Waals surface area contributed by atoms with E-state index in [-0.39, 0.29) is 6.10 Å². The van der Waals surface area contributed by atoms with Crippen molar-refractivity contribution >= 4 is 16.5 Å². The lowest BCUT2D eigenvalue weighted by atomic mass is 9.87. The van der Waals surface area contributed by atoms with E-state index in [0.717, 1.165) is 42.3 Å². The summed E-state index contributed by atoms with van der Waals surface area (Å²) >= 11 is 0. The van der Waals surface area contributed by atoms with E-state index < -0.39 is 0 Å². The highest BCUT2D eigenvalue weighted by Crippen LogP contribution is 2.28. The van der Waals surface area contributed by atoms with Crippen molar-refractivity contribution in [2.24, 2.45) is 5.92 Å². The van der Waals surface area contributed by atoms with Gasteiger partial charge in [0.25, 0.3) is 0 Å². The smallest absolute Gasteiger partial charge is 0.0998 e. The summed E-state index contributed by atoms with van der Waals surface area (Å²) in [6.07, 6.45) is 3.99. The minimum atomic E-state index is -0.136. The summed E-state index contributed by atoms with van der Waals surface area (Å²) < 4.78 is 0. The van der Waals surface area contributed by atoms with E-state index in [1.165, 1.54) is 6.42 Å². The number of hydrogen-bond acceptors (Lipinski definition) is 3. The minimum Gasteiger partial charge on any atom is -0.393 e. The number of anilines is 1. The van der Waals surface area contributed by atoms with E-state index >= 15 is 0 Å². The molecule has 108 valence electrons. The van der Waals surface area contributed by atoms with E-state index in [1.807, 2.05) is 36.4 Å². The van der Waals surface area contributed by atoms with Crippen LogP contribution in [0.3, 0.4) is 0 Å². The van der Waals surface area contributed by atoms with Gasteiger partial charge in [0.15, 0.2) is 0 Å². The molecule has 0 aliphatic heterocycles. The van der Waals surface area contributed by atoms with Crippen molar-refractivity contribution < 1.29 is 5.11 Å². The van der Waals surface area contributed by atoms with Gasteiger partial charge >= 0.3 is 0 Å². The third-order valence-corrected chi connectivity index (χ3v) is 4.38. The molecule has 1 fully saturated rings. The van der Waals surface area contributed by atoms with Crippen molar-refractivity contribution in [2.45, 2.75) is 31.8 Å². The lowest BCUT2D eigenvalue weighted by Crippen LogP contribution is -2.25. The number of aliphatic hydroxyl groups excluding tert-OH is 1. The van der Waals surface area contributed by atoms with Crippen LogP contribution in [0.25, 0.3) is 10.8 Å². The van der Waals surface area contributed by atoms with Crippen LogP contribution < -0.4 is 5.32 Å². The molecule has 1 aliphatic rings. The maximum atomic E-state index is 9.75. The fourth-order valence-electron chi connectivity index (χ4n) is 3.25. The second kappa shape index (κ2) is 6.15. The molecule has 0 spiro atoms. The molecule has 0 radical (unpaired) electrons. The lowest BCUT2D eigenvalue weighted by Gasteiger charge is -2.26. The number of nitrogens with one attached hydrogen (secondary N) is 1. The van der Waals surface area contributed by atoms with Gasteiger partial charge in [-0.1, -0.05) is 30.7 Å². The number of hydrogen-bond donors (Lipinski definition) is 2. The summed E-state index contributed by atoms with van der Waals surface area (Å²) in [6.45, 7) is 0.882. The Balaban J connectivity index is 1.80. The van der Waals surface area contributed by atoms with E-state index in [0.29, 0.717) is 11.5 Å². The molecule has 0 heterocycles. The minimum absolute atomic E-state index is 0.136. The average molecular weight is 280 g/mol. The molecule has 2 aromatic carbocycles. The van der Waals surface area contributed by atoms with Crippen molar-refractivity contribution in [1.29, 1.82) is 5.26 Å². The Kier molecular flexibility index (Phi) is 4.08. The molecule has 2 N–H and O–H groups in total. The topological polar surface area (TPSA) is 56.0 Å². The predicted octanol–water partition coefficient (Wildman–Crippen LogP) is 3.67. The maximum absolute atomic E-state index is 9.75. The number of rotatable bonds is 3. The molecule has 3 heteroatoms. The molecule has 3 nitrogen and oxygen atoms in total. The van der Waals surface area contributed by atoms with Gasteiger partial charge in [-0.3, -0.25) is 0 Å². The standard InChI is InChI=1S/C18H20N2O/c19-11-14-8-9-18(17-7-2-1-6-16(14)17)20-12-13-4-3-5-15(21)10-13/h1-2,6-9,13,15,20-21H,3-5,10,12H2. The first kappa shape index (κ1) is 13.9. The number of fused-ring (bicyclic) bond motifs is 1. The van der Waals surface area contributed by atoms with Crippen molar-refractivity contribution in [1.82, 2.24) is 0 Å².